The van der Waals surface area contributed by atoms with E-state index in [1.165, 1.54) is 0 Å². The van der Waals surface area contributed by atoms with Gasteiger partial charge >= 0.3 is 6.18 Å². The number of benzene rings is 3. The average molecular weight is 489 g/mol. The number of nitrogens with one attached hydrogen (secondary N) is 2. The number of hydrogen-bond acceptors (Lipinski definition) is 5. The zero-order chi connectivity index (χ0) is 24.7. The molecule has 0 amide bonds. The highest BCUT2D eigenvalue weighted by Gasteiger charge is 2.34. The van der Waals surface area contributed by atoms with Crippen molar-refractivity contribution in [1.29, 1.82) is 0 Å². The summed E-state index contributed by atoms with van der Waals surface area (Å²) in [6, 6.07) is 22.1. The fourth-order valence-corrected chi connectivity index (χ4v) is 4.87. The number of morpholine rings is 1. The Hall–Kier alpha value is -3.75. The van der Waals surface area contributed by atoms with E-state index in [4.69, 9.17) is 4.74 Å². The average Bonchev–Trinajstić information content (AvgIpc) is 3.28. The van der Waals surface area contributed by atoms with Crippen LogP contribution in [0, 0.1) is 0 Å². The molecule has 1 aliphatic carbocycles. The largest absolute Gasteiger partial charge is 0.433 e. The van der Waals surface area contributed by atoms with Gasteiger partial charge in [0.05, 0.1) is 18.4 Å². The molecule has 0 saturated carbocycles. The first-order valence-electron chi connectivity index (χ1n) is 11.8. The lowest BCUT2D eigenvalue weighted by Gasteiger charge is -2.24. The molecule has 4 aromatic rings. The van der Waals surface area contributed by atoms with Crippen LogP contribution in [0.2, 0.25) is 0 Å². The van der Waals surface area contributed by atoms with Crippen molar-refractivity contribution in [2.75, 3.05) is 25.0 Å². The molecular weight excluding hydrogens is 465 g/mol. The number of fused-ring (bicyclic) bond motifs is 3. The number of rotatable bonds is 4. The van der Waals surface area contributed by atoms with Gasteiger partial charge in [-0.25, -0.2) is 9.97 Å². The van der Waals surface area contributed by atoms with E-state index in [2.05, 4.69) is 20.6 Å². The van der Waals surface area contributed by atoms with Gasteiger partial charge in [-0.05, 0) is 52.4 Å². The third-order valence-corrected chi connectivity index (χ3v) is 6.61. The van der Waals surface area contributed by atoms with Crippen LogP contribution in [0.4, 0.5) is 24.8 Å². The molecule has 1 saturated heterocycles. The van der Waals surface area contributed by atoms with Gasteiger partial charge < -0.3 is 15.4 Å². The molecule has 0 unspecified atom stereocenters. The lowest BCUT2D eigenvalue weighted by Crippen LogP contribution is -2.33. The van der Waals surface area contributed by atoms with Crippen molar-refractivity contribution in [3.05, 3.63) is 95.2 Å². The Morgan fingerprint density at radius 2 is 1.67 bits per heavy atom. The van der Waals surface area contributed by atoms with Crippen molar-refractivity contribution in [2.45, 2.75) is 18.7 Å². The van der Waals surface area contributed by atoms with Gasteiger partial charge in [0.2, 0.25) is 5.95 Å². The summed E-state index contributed by atoms with van der Waals surface area (Å²) in [5, 5.41) is 6.25. The first kappa shape index (κ1) is 22.7. The molecule has 1 atom stereocenters. The van der Waals surface area contributed by atoms with E-state index in [-0.39, 0.29) is 17.7 Å². The van der Waals surface area contributed by atoms with E-state index < -0.39 is 11.9 Å². The molecule has 2 aliphatic rings. The molecule has 3 aromatic carbocycles. The van der Waals surface area contributed by atoms with Crippen molar-refractivity contribution in [2.24, 2.45) is 0 Å². The quantitative estimate of drug-likeness (QED) is 0.318. The minimum atomic E-state index is -4.61. The van der Waals surface area contributed by atoms with E-state index >= 15 is 0 Å². The van der Waals surface area contributed by atoms with Crippen LogP contribution in [0.3, 0.4) is 0 Å². The lowest BCUT2D eigenvalue weighted by molar-refractivity contribution is -0.141. The molecular formula is C28H23F3N4O. The second kappa shape index (κ2) is 9.04. The monoisotopic (exact) mass is 488 g/mol. The molecule has 0 spiro atoms. The Morgan fingerprint density at radius 1 is 0.889 bits per heavy atom. The minimum Gasteiger partial charge on any atom is -0.371 e. The van der Waals surface area contributed by atoms with Crippen LogP contribution in [-0.2, 0) is 17.3 Å². The summed E-state index contributed by atoms with van der Waals surface area (Å²) < 4.78 is 47.2. The minimum absolute atomic E-state index is 0.0477. The summed E-state index contributed by atoms with van der Waals surface area (Å²) in [6.45, 7) is 2.18. The van der Waals surface area contributed by atoms with Gasteiger partial charge in [-0.2, -0.15) is 13.2 Å². The van der Waals surface area contributed by atoms with Gasteiger partial charge in [0.1, 0.15) is 0 Å². The Kier molecular flexibility index (Phi) is 5.70. The molecule has 1 aliphatic heterocycles. The topological polar surface area (TPSA) is 59.1 Å². The number of aromatic nitrogens is 2. The summed E-state index contributed by atoms with van der Waals surface area (Å²) in [5.41, 5.74) is 5.79. The second-order valence-electron chi connectivity index (χ2n) is 8.94. The summed E-state index contributed by atoms with van der Waals surface area (Å²) in [5.74, 6) is -0.101. The van der Waals surface area contributed by atoms with Crippen molar-refractivity contribution >= 4 is 11.6 Å². The van der Waals surface area contributed by atoms with Crippen molar-refractivity contribution in [1.82, 2.24) is 15.3 Å². The molecule has 0 bridgehead atoms. The molecule has 36 heavy (non-hydrogen) atoms. The predicted molar refractivity (Wildman–Crippen MR) is 132 cm³/mol. The van der Waals surface area contributed by atoms with Crippen LogP contribution in [-0.4, -0.2) is 29.7 Å². The van der Waals surface area contributed by atoms with Crippen LogP contribution >= 0.6 is 0 Å². The SMILES string of the molecule is FC(F)(F)c1cc(-c2cccc3c2Cc2ccccc2-3)nc(Nc2ccc([C@@H]3CNCCO3)cc2)n1. The second-order valence-corrected chi connectivity index (χ2v) is 8.94. The molecule has 1 fully saturated rings. The number of nitrogens with zero attached hydrogens (tertiary/aromatic N) is 2. The van der Waals surface area contributed by atoms with Crippen LogP contribution in [0.5, 0.6) is 0 Å². The Morgan fingerprint density at radius 3 is 2.44 bits per heavy atom. The Balaban J connectivity index is 1.35. The first-order valence-corrected chi connectivity index (χ1v) is 11.8. The summed E-state index contributed by atoms with van der Waals surface area (Å²) in [6.07, 6.45) is -4.01. The van der Waals surface area contributed by atoms with Gasteiger partial charge in [-0.15, -0.1) is 0 Å². The normalized spacial score (nSPS) is 16.9. The molecule has 5 nitrogen and oxygen atoms in total. The summed E-state index contributed by atoms with van der Waals surface area (Å²) in [7, 11) is 0. The van der Waals surface area contributed by atoms with Crippen LogP contribution < -0.4 is 10.6 Å². The molecule has 0 radical (unpaired) electrons. The molecule has 2 heterocycles. The van der Waals surface area contributed by atoms with Gasteiger partial charge in [0.15, 0.2) is 5.69 Å². The zero-order valence-corrected chi connectivity index (χ0v) is 19.3. The number of alkyl halides is 3. The van der Waals surface area contributed by atoms with Crippen molar-refractivity contribution in [3.8, 4) is 22.4 Å². The predicted octanol–water partition coefficient (Wildman–Crippen LogP) is 6.14. The van der Waals surface area contributed by atoms with Gasteiger partial charge in [0, 0.05) is 24.3 Å². The fraction of sp³-hybridized carbons (Fsp3) is 0.214. The Labute approximate surface area is 206 Å². The molecule has 6 rings (SSSR count). The molecule has 8 heteroatoms. The maximum atomic E-state index is 13.8. The Bertz CT molecular complexity index is 1410. The molecule has 1 aromatic heterocycles. The van der Waals surface area contributed by atoms with E-state index in [0.29, 0.717) is 24.3 Å². The third kappa shape index (κ3) is 4.34. The lowest BCUT2D eigenvalue weighted by atomic mass is 9.98. The van der Waals surface area contributed by atoms with E-state index in [0.717, 1.165) is 47.0 Å². The fourth-order valence-electron chi connectivity index (χ4n) is 4.87. The summed E-state index contributed by atoms with van der Waals surface area (Å²) >= 11 is 0. The molecule has 2 N–H and O–H groups in total. The van der Waals surface area contributed by atoms with Crippen LogP contribution in [0.15, 0.2) is 72.8 Å². The maximum Gasteiger partial charge on any atom is 0.433 e. The van der Waals surface area contributed by atoms with Crippen LogP contribution in [0.1, 0.15) is 28.5 Å². The van der Waals surface area contributed by atoms with E-state index in [1.54, 1.807) is 12.1 Å². The zero-order valence-electron chi connectivity index (χ0n) is 19.3. The number of ether oxygens (including phenoxy) is 1. The standard InChI is InChI=1S/C28H23F3N4O/c29-28(30,31)26-15-24(22-7-3-6-21-20-5-2-1-4-18(20)14-23(21)22)34-27(35-26)33-19-10-8-17(9-11-19)25-16-32-12-13-36-25/h1-11,15,25,32H,12-14,16H2,(H,33,34,35)/t25-/m0/s1. The van der Waals surface area contributed by atoms with Crippen LogP contribution in [0.25, 0.3) is 22.4 Å². The third-order valence-electron chi connectivity index (χ3n) is 6.61. The van der Waals surface area contributed by atoms with Crippen molar-refractivity contribution < 1.29 is 17.9 Å². The van der Waals surface area contributed by atoms with E-state index in [9.17, 15) is 13.2 Å². The first-order chi connectivity index (χ1) is 17.5. The van der Waals surface area contributed by atoms with Crippen molar-refractivity contribution in [3.63, 3.8) is 0 Å². The number of halogens is 3. The maximum absolute atomic E-state index is 13.8. The van der Waals surface area contributed by atoms with E-state index in [1.807, 2.05) is 54.6 Å². The van der Waals surface area contributed by atoms with Gasteiger partial charge in [-0.1, -0.05) is 54.6 Å². The van der Waals surface area contributed by atoms with Gasteiger partial charge in [-0.3, -0.25) is 0 Å². The number of hydrogen-bond donors (Lipinski definition) is 2. The number of anilines is 2. The highest BCUT2D eigenvalue weighted by molar-refractivity contribution is 5.84. The van der Waals surface area contributed by atoms with Gasteiger partial charge in [0.25, 0.3) is 0 Å². The highest BCUT2D eigenvalue weighted by atomic mass is 19.4. The highest BCUT2D eigenvalue weighted by Crippen LogP contribution is 2.42. The molecule has 182 valence electrons. The smallest absolute Gasteiger partial charge is 0.371 e. The summed E-state index contributed by atoms with van der Waals surface area (Å²) in [4.78, 5) is 8.30.